The zero-order valence-electron chi connectivity index (χ0n) is 22.1. The molecule has 5 fully saturated rings. The average molecular weight is 471 g/mol. The molecule has 0 aromatic rings. The SMILES string of the molecule is C=C(C)[C@@H](O)CC[C@@H](C)[C@H]1CC[C@@]2(C(=O)O)[C@@H]3CC[C@H]4C(C)(C)C(=O)CC[C@@]45C[C@@]35CC[C@]12C. The molecule has 2 N–H and O–H groups in total. The van der Waals surface area contributed by atoms with Gasteiger partial charge < -0.3 is 10.2 Å². The Morgan fingerprint density at radius 2 is 1.68 bits per heavy atom. The molecule has 0 amide bonds. The van der Waals surface area contributed by atoms with E-state index in [1.807, 2.05) is 6.92 Å². The number of hydrogen-bond acceptors (Lipinski definition) is 3. The Balaban J connectivity index is 1.46. The van der Waals surface area contributed by atoms with Crippen LogP contribution in [0, 0.1) is 50.7 Å². The van der Waals surface area contributed by atoms with Crippen LogP contribution in [0.5, 0.6) is 0 Å². The summed E-state index contributed by atoms with van der Waals surface area (Å²) in [6.07, 6.45) is 9.90. The third-order valence-corrected chi connectivity index (χ3v) is 12.9. The molecule has 5 rings (SSSR count). The molecule has 0 aliphatic heterocycles. The van der Waals surface area contributed by atoms with Gasteiger partial charge in [-0.3, -0.25) is 9.59 Å². The summed E-state index contributed by atoms with van der Waals surface area (Å²) in [5.74, 6) is 1.31. The van der Waals surface area contributed by atoms with Crippen LogP contribution in [0.3, 0.4) is 0 Å². The zero-order valence-corrected chi connectivity index (χ0v) is 22.1. The third-order valence-electron chi connectivity index (χ3n) is 12.9. The highest BCUT2D eigenvalue weighted by Gasteiger charge is 2.84. The smallest absolute Gasteiger partial charge is 0.310 e. The molecule has 5 aliphatic carbocycles. The minimum absolute atomic E-state index is 0.139. The summed E-state index contributed by atoms with van der Waals surface area (Å²) in [7, 11) is 0. The van der Waals surface area contributed by atoms with E-state index in [4.69, 9.17) is 0 Å². The van der Waals surface area contributed by atoms with E-state index in [1.54, 1.807) is 0 Å². The predicted octanol–water partition coefficient (Wildman–Crippen LogP) is 6.41. The molecule has 0 heterocycles. The number of aliphatic hydroxyl groups is 1. The molecule has 5 saturated carbocycles. The number of Topliss-reactive ketones (excluding diaryl/α,β-unsaturated/α-hetero) is 1. The second kappa shape index (κ2) is 7.43. The van der Waals surface area contributed by atoms with Crippen molar-refractivity contribution in [2.24, 2.45) is 50.7 Å². The fraction of sp³-hybridized carbons (Fsp3) is 0.867. The van der Waals surface area contributed by atoms with Crippen molar-refractivity contribution in [1.29, 1.82) is 0 Å². The van der Waals surface area contributed by atoms with Gasteiger partial charge in [0, 0.05) is 11.8 Å². The molecule has 0 radical (unpaired) electrons. The lowest BCUT2D eigenvalue weighted by Crippen LogP contribution is -2.60. The van der Waals surface area contributed by atoms with Gasteiger partial charge in [0.15, 0.2) is 0 Å². The first kappa shape index (κ1) is 24.5. The highest BCUT2D eigenvalue weighted by molar-refractivity contribution is 5.86. The van der Waals surface area contributed by atoms with Crippen molar-refractivity contribution < 1.29 is 19.8 Å². The number of carbonyl (C=O) groups is 2. The molecule has 0 bridgehead atoms. The molecule has 0 unspecified atom stereocenters. The number of ketones is 1. The summed E-state index contributed by atoms with van der Waals surface area (Å²) >= 11 is 0. The highest BCUT2D eigenvalue weighted by atomic mass is 16.4. The first-order chi connectivity index (χ1) is 15.8. The van der Waals surface area contributed by atoms with Crippen molar-refractivity contribution in [3.05, 3.63) is 12.2 Å². The van der Waals surface area contributed by atoms with Crippen molar-refractivity contribution in [1.82, 2.24) is 0 Å². The number of rotatable bonds is 6. The fourth-order valence-electron chi connectivity index (χ4n) is 11.1. The van der Waals surface area contributed by atoms with Crippen molar-refractivity contribution in [3.8, 4) is 0 Å². The van der Waals surface area contributed by atoms with E-state index in [9.17, 15) is 19.8 Å². The van der Waals surface area contributed by atoms with Crippen molar-refractivity contribution in [2.45, 2.75) is 111 Å². The van der Waals surface area contributed by atoms with Crippen LogP contribution in [0.4, 0.5) is 0 Å². The van der Waals surface area contributed by atoms with Crippen LogP contribution in [0.1, 0.15) is 105 Å². The van der Waals surface area contributed by atoms with Gasteiger partial charge in [0.2, 0.25) is 0 Å². The van der Waals surface area contributed by atoms with E-state index < -0.39 is 17.5 Å². The van der Waals surface area contributed by atoms with Crippen LogP contribution in [0.25, 0.3) is 0 Å². The van der Waals surface area contributed by atoms with Gasteiger partial charge in [0.05, 0.1) is 11.5 Å². The summed E-state index contributed by atoms with van der Waals surface area (Å²) in [5, 5.41) is 21.3. The van der Waals surface area contributed by atoms with Gasteiger partial charge in [-0.15, -0.1) is 0 Å². The molecular formula is C30H46O4. The zero-order chi connectivity index (χ0) is 24.9. The van der Waals surface area contributed by atoms with E-state index in [0.29, 0.717) is 36.4 Å². The normalized spacial score (nSPS) is 48.1. The lowest BCUT2D eigenvalue weighted by molar-refractivity contribution is -0.190. The van der Waals surface area contributed by atoms with Crippen LogP contribution in [0.15, 0.2) is 12.2 Å². The molecule has 0 aromatic carbocycles. The molecular weight excluding hydrogens is 424 g/mol. The molecule has 34 heavy (non-hydrogen) atoms. The first-order valence-electron chi connectivity index (χ1n) is 13.9. The topological polar surface area (TPSA) is 74.6 Å². The predicted molar refractivity (Wildman–Crippen MR) is 133 cm³/mol. The van der Waals surface area contributed by atoms with Gasteiger partial charge in [-0.2, -0.15) is 0 Å². The lowest BCUT2D eigenvalue weighted by Gasteiger charge is -2.61. The second-order valence-electron chi connectivity index (χ2n) is 14.1. The standard InChI is InChI=1S/C30H46O4/c1-18(2)21(31)8-7-19(3)20-11-14-30(25(33)34)23-10-9-22-26(4,5)24(32)12-13-28(22)17-29(23,28)16-15-27(20,30)6/h19-23,31H,1,7-17H2,2-6H3,(H,33,34)/t19-,20-,21+,22+,23-,27-,28-,29+,30+/m1/s1. The number of hydrogen-bond donors (Lipinski definition) is 2. The Bertz CT molecular complexity index is 921. The maximum absolute atomic E-state index is 13.3. The fourth-order valence-corrected chi connectivity index (χ4v) is 11.1. The number of carbonyl (C=O) groups excluding carboxylic acids is 1. The Morgan fingerprint density at radius 3 is 2.32 bits per heavy atom. The molecule has 4 nitrogen and oxygen atoms in total. The van der Waals surface area contributed by atoms with Crippen LogP contribution in [-0.2, 0) is 9.59 Å². The van der Waals surface area contributed by atoms with Crippen molar-refractivity contribution in [2.75, 3.05) is 0 Å². The number of fused-ring (bicyclic) bond motifs is 2. The van der Waals surface area contributed by atoms with Crippen molar-refractivity contribution in [3.63, 3.8) is 0 Å². The molecule has 190 valence electrons. The van der Waals surface area contributed by atoms with E-state index >= 15 is 0 Å². The molecule has 4 heteroatoms. The lowest BCUT2D eigenvalue weighted by atomic mass is 9.41. The van der Waals surface area contributed by atoms with Gasteiger partial charge in [-0.1, -0.05) is 39.8 Å². The molecule has 2 spiro atoms. The van der Waals surface area contributed by atoms with E-state index in [-0.39, 0.29) is 27.6 Å². The van der Waals surface area contributed by atoms with Crippen molar-refractivity contribution >= 4 is 11.8 Å². The van der Waals surface area contributed by atoms with E-state index in [1.165, 1.54) is 0 Å². The summed E-state index contributed by atoms with van der Waals surface area (Å²) in [6, 6.07) is 0. The number of aliphatic hydroxyl groups excluding tert-OH is 1. The third kappa shape index (κ3) is 2.75. The number of carboxylic acid groups (broad SMARTS) is 1. The van der Waals surface area contributed by atoms with E-state index in [2.05, 4.69) is 34.3 Å². The number of carboxylic acids is 1. The summed E-state index contributed by atoms with van der Waals surface area (Å²) in [4.78, 5) is 26.2. The Morgan fingerprint density at radius 1 is 1.03 bits per heavy atom. The van der Waals surface area contributed by atoms with Gasteiger partial charge in [0.25, 0.3) is 0 Å². The Hall–Kier alpha value is -1.16. The van der Waals surface area contributed by atoms with Gasteiger partial charge in [0.1, 0.15) is 5.78 Å². The largest absolute Gasteiger partial charge is 0.481 e. The Kier molecular flexibility index (Phi) is 5.36. The van der Waals surface area contributed by atoms with Crippen LogP contribution < -0.4 is 0 Å². The summed E-state index contributed by atoms with van der Waals surface area (Å²) in [6.45, 7) is 14.7. The maximum atomic E-state index is 13.3. The second-order valence-corrected chi connectivity index (χ2v) is 14.1. The molecule has 9 atom stereocenters. The van der Waals surface area contributed by atoms with Crippen LogP contribution in [-0.4, -0.2) is 28.1 Å². The summed E-state index contributed by atoms with van der Waals surface area (Å²) in [5.41, 5.74) is 0.0533. The number of aliphatic carboxylic acids is 1. The quantitative estimate of drug-likeness (QED) is 0.440. The van der Waals surface area contributed by atoms with Crippen LogP contribution >= 0.6 is 0 Å². The Labute approximate surface area is 206 Å². The van der Waals surface area contributed by atoms with Gasteiger partial charge >= 0.3 is 5.97 Å². The first-order valence-corrected chi connectivity index (χ1v) is 13.9. The highest BCUT2D eigenvalue weighted by Crippen LogP contribution is 2.88. The van der Waals surface area contributed by atoms with Gasteiger partial charge in [-0.25, -0.2) is 0 Å². The van der Waals surface area contributed by atoms with Gasteiger partial charge in [-0.05, 0) is 111 Å². The summed E-state index contributed by atoms with van der Waals surface area (Å²) < 4.78 is 0. The monoisotopic (exact) mass is 470 g/mol. The van der Waals surface area contributed by atoms with Crippen LogP contribution in [0.2, 0.25) is 0 Å². The maximum Gasteiger partial charge on any atom is 0.310 e. The molecule has 0 aromatic heterocycles. The minimum Gasteiger partial charge on any atom is -0.481 e. The molecule has 0 saturated heterocycles. The average Bonchev–Trinajstić information content (AvgIpc) is 3.32. The van der Waals surface area contributed by atoms with E-state index in [0.717, 1.165) is 63.4 Å². The minimum atomic E-state index is -0.642. The molecule has 5 aliphatic rings.